The van der Waals surface area contributed by atoms with Gasteiger partial charge in [0.05, 0.1) is 0 Å². The minimum Gasteiger partial charge on any atom is -0.382 e. The van der Waals surface area contributed by atoms with Crippen molar-refractivity contribution in [2.24, 2.45) is 0 Å². The Labute approximate surface area is 123 Å². The summed E-state index contributed by atoms with van der Waals surface area (Å²) in [5, 5.41) is 3.67. The van der Waals surface area contributed by atoms with Crippen LogP contribution in [0.5, 0.6) is 0 Å². The fraction of sp³-hybridized carbons (Fsp3) is 0.706. The molecule has 1 aromatic rings. The van der Waals surface area contributed by atoms with E-state index in [0.717, 1.165) is 26.2 Å². The Morgan fingerprint density at radius 3 is 3.15 bits per heavy atom. The van der Waals surface area contributed by atoms with Crippen LogP contribution in [0.4, 0.5) is 0 Å². The normalized spacial score (nSPS) is 19.6. The van der Waals surface area contributed by atoms with Gasteiger partial charge in [-0.1, -0.05) is 13.0 Å². The third-order valence-electron chi connectivity index (χ3n) is 4.20. The standard InChI is InChI=1S/C17H28N2O/c1-3-18-16(11-7-13-20-4-2)15-10-5-8-14-9-6-12-19-17(14)15/h6,9,12,15-16,18H,3-5,7-8,10-11,13H2,1-2H3. The maximum absolute atomic E-state index is 5.48. The van der Waals surface area contributed by atoms with Crippen molar-refractivity contribution in [2.75, 3.05) is 19.8 Å². The van der Waals surface area contributed by atoms with E-state index in [-0.39, 0.29) is 0 Å². The number of hydrogen-bond donors (Lipinski definition) is 1. The van der Waals surface area contributed by atoms with Gasteiger partial charge >= 0.3 is 0 Å². The van der Waals surface area contributed by atoms with Crippen LogP contribution in [0.25, 0.3) is 0 Å². The van der Waals surface area contributed by atoms with E-state index in [4.69, 9.17) is 4.74 Å². The summed E-state index contributed by atoms with van der Waals surface area (Å²) < 4.78 is 5.48. The highest BCUT2D eigenvalue weighted by Gasteiger charge is 2.28. The third-order valence-corrected chi connectivity index (χ3v) is 4.20. The largest absolute Gasteiger partial charge is 0.382 e. The van der Waals surface area contributed by atoms with Gasteiger partial charge in [-0.15, -0.1) is 0 Å². The first kappa shape index (κ1) is 15.5. The summed E-state index contributed by atoms with van der Waals surface area (Å²) in [6.07, 6.45) is 7.99. The zero-order chi connectivity index (χ0) is 14.2. The van der Waals surface area contributed by atoms with Crippen molar-refractivity contribution in [1.29, 1.82) is 0 Å². The van der Waals surface area contributed by atoms with Crippen LogP contribution in [0.3, 0.4) is 0 Å². The molecule has 3 nitrogen and oxygen atoms in total. The summed E-state index contributed by atoms with van der Waals surface area (Å²) >= 11 is 0. The first-order valence-electron chi connectivity index (χ1n) is 8.11. The zero-order valence-corrected chi connectivity index (χ0v) is 12.9. The van der Waals surface area contributed by atoms with Gasteiger partial charge in [-0.25, -0.2) is 0 Å². The molecule has 1 N–H and O–H groups in total. The molecule has 20 heavy (non-hydrogen) atoms. The molecule has 1 aliphatic carbocycles. The Bertz CT molecular complexity index is 394. The van der Waals surface area contributed by atoms with E-state index in [1.165, 1.54) is 36.9 Å². The average Bonchev–Trinajstić information content (AvgIpc) is 2.50. The Morgan fingerprint density at radius 2 is 2.35 bits per heavy atom. The number of hydrogen-bond acceptors (Lipinski definition) is 3. The predicted octanol–water partition coefficient (Wildman–Crippen LogP) is 3.30. The third kappa shape index (κ3) is 4.03. The molecule has 0 fully saturated rings. The van der Waals surface area contributed by atoms with Gasteiger partial charge in [-0.2, -0.15) is 0 Å². The van der Waals surface area contributed by atoms with E-state index in [1.807, 2.05) is 6.20 Å². The van der Waals surface area contributed by atoms with Crippen LogP contribution in [0.15, 0.2) is 18.3 Å². The fourth-order valence-corrected chi connectivity index (χ4v) is 3.29. The van der Waals surface area contributed by atoms with E-state index in [0.29, 0.717) is 12.0 Å². The lowest BCUT2D eigenvalue weighted by atomic mass is 9.80. The number of pyridine rings is 1. The number of likely N-dealkylation sites (N-methyl/N-ethyl adjacent to an activating group) is 1. The second-order valence-corrected chi connectivity index (χ2v) is 5.55. The second-order valence-electron chi connectivity index (χ2n) is 5.55. The van der Waals surface area contributed by atoms with Gasteiger partial charge in [-0.3, -0.25) is 4.98 Å². The Balaban J connectivity index is 2.02. The summed E-state index contributed by atoms with van der Waals surface area (Å²) in [6, 6.07) is 4.85. The minimum absolute atomic E-state index is 0.536. The molecule has 0 aliphatic heterocycles. The number of rotatable bonds is 8. The lowest BCUT2D eigenvalue weighted by Crippen LogP contribution is -2.37. The Kier molecular flexibility index (Phi) is 6.48. The van der Waals surface area contributed by atoms with Gasteiger partial charge < -0.3 is 10.1 Å². The minimum atomic E-state index is 0.536. The van der Waals surface area contributed by atoms with Crippen LogP contribution in [-0.2, 0) is 11.2 Å². The summed E-state index contributed by atoms with van der Waals surface area (Å²) in [6.45, 7) is 6.97. The van der Waals surface area contributed by atoms with Crippen molar-refractivity contribution in [1.82, 2.24) is 10.3 Å². The van der Waals surface area contributed by atoms with Crippen LogP contribution in [-0.4, -0.2) is 30.8 Å². The smallest absolute Gasteiger partial charge is 0.0481 e. The molecule has 0 aromatic carbocycles. The van der Waals surface area contributed by atoms with E-state index >= 15 is 0 Å². The molecule has 2 rings (SSSR count). The lowest BCUT2D eigenvalue weighted by Gasteiger charge is -2.32. The van der Waals surface area contributed by atoms with Gasteiger partial charge in [0.1, 0.15) is 0 Å². The number of nitrogens with one attached hydrogen (secondary N) is 1. The van der Waals surface area contributed by atoms with E-state index in [1.54, 1.807) is 0 Å². The molecule has 0 saturated carbocycles. The summed E-state index contributed by atoms with van der Waals surface area (Å²) in [7, 11) is 0. The highest BCUT2D eigenvalue weighted by Crippen LogP contribution is 2.33. The molecule has 0 spiro atoms. The summed E-state index contributed by atoms with van der Waals surface area (Å²) in [4.78, 5) is 4.68. The number of aryl methyl sites for hydroxylation is 1. The number of ether oxygens (including phenoxy) is 1. The van der Waals surface area contributed by atoms with Gasteiger partial charge in [0.15, 0.2) is 0 Å². The molecule has 3 heteroatoms. The van der Waals surface area contributed by atoms with Crippen LogP contribution in [0.2, 0.25) is 0 Å². The zero-order valence-electron chi connectivity index (χ0n) is 12.9. The van der Waals surface area contributed by atoms with Crippen molar-refractivity contribution >= 4 is 0 Å². The highest BCUT2D eigenvalue weighted by atomic mass is 16.5. The maximum Gasteiger partial charge on any atom is 0.0481 e. The number of nitrogens with zero attached hydrogens (tertiary/aromatic N) is 1. The molecule has 2 atom stereocenters. The van der Waals surface area contributed by atoms with Crippen molar-refractivity contribution in [3.63, 3.8) is 0 Å². The first-order chi connectivity index (χ1) is 9.86. The topological polar surface area (TPSA) is 34.1 Å². The predicted molar refractivity (Wildman–Crippen MR) is 83.1 cm³/mol. The van der Waals surface area contributed by atoms with Gasteiger partial charge in [-0.05, 0) is 57.2 Å². The molecule has 1 aliphatic rings. The molecular formula is C17H28N2O. The molecule has 112 valence electrons. The van der Waals surface area contributed by atoms with Crippen molar-refractivity contribution in [3.8, 4) is 0 Å². The summed E-state index contributed by atoms with van der Waals surface area (Å²) in [5.41, 5.74) is 2.79. The van der Waals surface area contributed by atoms with Crippen LogP contribution < -0.4 is 5.32 Å². The molecule has 1 heterocycles. The molecule has 0 radical (unpaired) electrons. The molecule has 0 saturated heterocycles. The van der Waals surface area contributed by atoms with Crippen molar-refractivity contribution in [2.45, 2.75) is 57.9 Å². The molecule has 0 amide bonds. The average molecular weight is 276 g/mol. The molecule has 0 bridgehead atoms. The molecule has 1 aromatic heterocycles. The highest BCUT2D eigenvalue weighted by molar-refractivity contribution is 5.27. The quantitative estimate of drug-likeness (QED) is 0.740. The van der Waals surface area contributed by atoms with Gasteiger partial charge in [0, 0.05) is 37.1 Å². The number of aromatic nitrogens is 1. The van der Waals surface area contributed by atoms with E-state index in [9.17, 15) is 0 Å². The SMILES string of the molecule is CCNC(CCCOCC)C1CCCc2cccnc21. The number of fused-ring (bicyclic) bond motifs is 1. The Hall–Kier alpha value is -0.930. The Morgan fingerprint density at radius 1 is 1.45 bits per heavy atom. The van der Waals surface area contributed by atoms with Crippen molar-refractivity contribution in [3.05, 3.63) is 29.6 Å². The molecule has 2 unspecified atom stereocenters. The van der Waals surface area contributed by atoms with Crippen LogP contribution >= 0.6 is 0 Å². The van der Waals surface area contributed by atoms with E-state index < -0.39 is 0 Å². The van der Waals surface area contributed by atoms with Gasteiger partial charge in [0.2, 0.25) is 0 Å². The fourth-order valence-electron chi connectivity index (χ4n) is 3.29. The lowest BCUT2D eigenvalue weighted by molar-refractivity contribution is 0.139. The van der Waals surface area contributed by atoms with E-state index in [2.05, 4.69) is 36.3 Å². The molecular weight excluding hydrogens is 248 g/mol. The van der Waals surface area contributed by atoms with Gasteiger partial charge in [0.25, 0.3) is 0 Å². The first-order valence-corrected chi connectivity index (χ1v) is 8.11. The summed E-state index contributed by atoms with van der Waals surface area (Å²) in [5.74, 6) is 0.571. The van der Waals surface area contributed by atoms with Crippen molar-refractivity contribution < 1.29 is 4.74 Å². The van der Waals surface area contributed by atoms with Crippen LogP contribution in [0, 0.1) is 0 Å². The second kappa shape index (κ2) is 8.38. The monoisotopic (exact) mass is 276 g/mol. The van der Waals surface area contributed by atoms with Crippen LogP contribution in [0.1, 0.15) is 56.7 Å². The maximum atomic E-state index is 5.48.